The van der Waals surface area contributed by atoms with Gasteiger partial charge in [-0.1, -0.05) is 29.8 Å². The lowest BCUT2D eigenvalue weighted by atomic mass is 10.1. The Morgan fingerprint density at radius 3 is 2.52 bits per heavy atom. The maximum absolute atomic E-state index is 11.9. The average Bonchev–Trinajstić information content (AvgIpc) is 2.90. The molecule has 0 atom stereocenters. The lowest BCUT2D eigenvalue weighted by Crippen LogP contribution is -2.14. The summed E-state index contributed by atoms with van der Waals surface area (Å²) >= 11 is 0. The molecule has 6 heteroatoms. The predicted molar refractivity (Wildman–Crippen MR) is 98.8 cm³/mol. The summed E-state index contributed by atoms with van der Waals surface area (Å²) in [4.78, 5) is 19.2. The van der Waals surface area contributed by atoms with Gasteiger partial charge in [0.05, 0.1) is 11.4 Å². The molecule has 0 bridgehead atoms. The molecule has 0 radical (unpaired) electrons. The zero-order chi connectivity index (χ0) is 17.8. The quantitative estimate of drug-likeness (QED) is 0.645. The second-order valence-electron chi connectivity index (χ2n) is 6.34. The van der Waals surface area contributed by atoms with Crippen molar-refractivity contribution in [2.75, 3.05) is 5.32 Å². The van der Waals surface area contributed by atoms with Crippen LogP contribution in [0.25, 0.3) is 0 Å². The number of nitrogens with one attached hydrogen (secondary N) is 3. The molecular formula is C19H23N5O. The van der Waals surface area contributed by atoms with E-state index in [1.165, 1.54) is 11.1 Å². The summed E-state index contributed by atoms with van der Waals surface area (Å²) in [6.45, 7) is 6.67. The van der Waals surface area contributed by atoms with Gasteiger partial charge in [-0.3, -0.25) is 14.9 Å². The SMILES string of the molecule is Cc1ccc(CNc2nc(CCc3c(C)n[nH]c3C)cc(=O)[nH]2)cc1. The molecule has 0 spiro atoms. The van der Waals surface area contributed by atoms with E-state index in [4.69, 9.17) is 0 Å². The van der Waals surface area contributed by atoms with Crippen LogP contribution in [0.2, 0.25) is 0 Å². The highest BCUT2D eigenvalue weighted by atomic mass is 16.1. The normalized spacial score (nSPS) is 10.8. The predicted octanol–water partition coefficient (Wildman–Crippen LogP) is 2.82. The second-order valence-corrected chi connectivity index (χ2v) is 6.34. The largest absolute Gasteiger partial charge is 0.352 e. The van der Waals surface area contributed by atoms with Crippen LogP contribution >= 0.6 is 0 Å². The summed E-state index contributed by atoms with van der Waals surface area (Å²) in [5.74, 6) is 0.503. The van der Waals surface area contributed by atoms with Crippen molar-refractivity contribution < 1.29 is 0 Å². The van der Waals surface area contributed by atoms with E-state index >= 15 is 0 Å². The fraction of sp³-hybridized carbons (Fsp3) is 0.316. The monoisotopic (exact) mass is 337 g/mol. The first kappa shape index (κ1) is 17.0. The zero-order valence-corrected chi connectivity index (χ0v) is 14.8. The van der Waals surface area contributed by atoms with Crippen molar-refractivity contribution in [3.63, 3.8) is 0 Å². The summed E-state index contributed by atoms with van der Waals surface area (Å²) < 4.78 is 0. The van der Waals surface area contributed by atoms with Crippen molar-refractivity contribution in [3.8, 4) is 0 Å². The van der Waals surface area contributed by atoms with E-state index in [1.807, 2.05) is 13.8 Å². The summed E-state index contributed by atoms with van der Waals surface area (Å²) in [6.07, 6.45) is 1.51. The van der Waals surface area contributed by atoms with Gasteiger partial charge in [-0.2, -0.15) is 5.10 Å². The number of anilines is 1. The standard InChI is InChI=1S/C19H23N5O/c1-12-4-6-15(7-5-12)11-20-19-21-16(10-18(25)22-19)8-9-17-13(2)23-24-14(17)3/h4-7,10H,8-9,11H2,1-3H3,(H,23,24)(H2,20,21,22,25). The Morgan fingerprint density at radius 1 is 1.08 bits per heavy atom. The Labute approximate surface area is 146 Å². The minimum Gasteiger partial charge on any atom is -0.352 e. The van der Waals surface area contributed by atoms with Crippen molar-refractivity contribution in [3.05, 3.63) is 74.5 Å². The molecule has 0 unspecified atom stereocenters. The Hall–Kier alpha value is -2.89. The van der Waals surface area contributed by atoms with E-state index in [0.29, 0.717) is 18.9 Å². The maximum atomic E-state index is 11.9. The fourth-order valence-corrected chi connectivity index (χ4v) is 2.81. The molecule has 130 valence electrons. The molecular weight excluding hydrogens is 314 g/mol. The number of hydrogen-bond donors (Lipinski definition) is 3. The highest BCUT2D eigenvalue weighted by Gasteiger charge is 2.08. The first-order valence-corrected chi connectivity index (χ1v) is 8.41. The van der Waals surface area contributed by atoms with Crippen LogP contribution in [-0.4, -0.2) is 20.2 Å². The van der Waals surface area contributed by atoms with Gasteiger partial charge in [0.2, 0.25) is 5.95 Å². The van der Waals surface area contributed by atoms with Gasteiger partial charge >= 0.3 is 0 Å². The molecule has 0 saturated heterocycles. The summed E-state index contributed by atoms with van der Waals surface area (Å²) in [7, 11) is 0. The molecule has 3 rings (SSSR count). The number of rotatable bonds is 6. The van der Waals surface area contributed by atoms with Crippen molar-refractivity contribution in [1.29, 1.82) is 0 Å². The third-order valence-corrected chi connectivity index (χ3v) is 4.29. The van der Waals surface area contributed by atoms with E-state index in [9.17, 15) is 4.79 Å². The van der Waals surface area contributed by atoms with Gasteiger partial charge in [0.15, 0.2) is 0 Å². The van der Waals surface area contributed by atoms with Gasteiger partial charge in [-0.05, 0) is 44.7 Å². The molecule has 0 saturated carbocycles. The summed E-state index contributed by atoms with van der Waals surface area (Å²) in [5, 5.41) is 10.4. The number of aryl methyl sites for hydroxylation is 4. The van der Waals surface area contributed by atoms with Crippen LogP contribution in [0.1, 0.15) is 33.8 Å². The zero-order valence-electron chi connectivity index (χ0n) is 14.8. The molecule has 0 aliphatic heterocycles. The van der Waals surface area contributed by atoms with E-state index in [0.717, 1.165) is 29.1 Å². The number of H-pyrrole nitrogens is 2. The number of aromatic amines is 2. The summed E-state index contributed by atoms with van der Waals surface area (Å²) in [5.41, 5.74) is 6.26. The Balaban J connectivity index is 1.67. The van der Waals surface area contributed by atoms with E-state index in [-0.39, 0.29) is 5.56 Å². The van der Waals surface area contributed by atoms with Crippen molar-refractivity contribution in [2.45, 2.75) is 40.2 Å². The van der Waals surface area contributed by atoms with Crippen LogP contribution in [0.15, 0.2) is 35.1 Å². The minimum atomic E-state index is -0.142. The molecule has 0 fully saturated rings. The molecule has 2 heterocycles. The fourth-order valence-electron chi connectivity index (χ4n) is 2.81. The third kappa shape index (κ3) is 4.35. The van der Waals surface area contributed by atoms with Crippen LogP contribution in [0.5, 0.6) is 0 Å². The molecule has 1 aromatic carbocycles. The Bertz CT molecular complexity index is 889. The molecule has 0 aliphatic carbocycles. The molecule has 3 N–H and O–H groups in total. The van der Waals surface area contributed by atoms with Crippen LogP contribution in [-0.2, 0) is 19.4 Å². The van der Waals surface area contributed by atoms with E-state index < -0.39 is 0 Å². The van der Waals surface area contributed by atoms with Gasteiger partial charge in [-0.15, -0.1) is 0 Å². The van der Waals surface area contributed by atoms with Gasteiger partial charge < -0.3 is 5.32 Å². The Kier molecular flexibility index (Phi) is 4.97. The lowest BCUT2D eigenvalue weighted by Gasteiger charge is -2.08. The third-order valence-electron chi connectivity index (χ3n) is 4.29. The first-order chi connectivity index (χ1) is 12.0. The lowest BCUT2D eigenvalue weighted by molar-refractivity contribution is 0.878. The molecule has 25 heavy (non-hydrogen) atoms. The first-order valence-electron chi connectivity index (χ1n) is 8.41. The molecule has 3 aromatic rings. The molecule has 0 amide bonds. The minimum absolute atomic E-state index is 0.142. The highest BCUT2D eigenvalue weighted by Crippen LogP contribution is 2.13. The Morgan fingerprint density at radius 2 is 1.84 bits per heavy atom. The van der Waals surface area contributed by atoms with Gasteiger partial charge in [0, 0.05) is 18.3 Å². The van der Waals surface area contributed by atoms with Crippen molar-refractivity contribution in [2.24, 2.45) is 0 Å². The average molecular weight is 337 g/mol. The maximum Gasteiger partial charge on any atom is 0.252 e. The molecule has 6 nitrogen and oxygen atoms in total. The van der Waals surface area contributed by atoms with Crippen LogP contribution in [0.4, 0.5) is 5.95 Å². The van der Waals surface area contributed by atoms with Gasteiger partial charge in [0.25, 0.3) is 5.56 Å². The van der Waals surface area contributed by atoms with Crippen molar-refractivity contribution >= 4 is 5.95 Å². The highest BCUT2D eigenvalue weighted by molar-refractivity contribution is 5.30. The van der Waals surface area contributed by atoms with Crippen molar-refractivity contribution in [1.82, 2.24) is 20.2 Å². The number of hydrogen-bond acceptors (Lipinski definition) is 4. The van der Waals surface area contributed by atoms with Gasteiger partial charge in [-0.25, -0.2) is 4.98 Å². The molecule has 0 aliphatic rings. The second kappa shape index (κ2) is 7.34. The summed E-state index contributed by atoms with van der Waals surface area (Å²) in [6, 6.07) is 9.82. The van der Waals surface area contributed by atoms with E-state index in [1.54, 1.807) is 6.07 Å². The van der Waals surface area contributed by atoms with Crippen LogP contribution < -0.4 is 10.9 Å². The number of benzene rings is 1. The molecule has 2 aromatic heterocycles. The topological polar surface area (TPSA) is 86.5 Å². The number of aromatic nitrogens is 4. The van der Waals surface area contributed by atoms with Crippen LogP contribution in [0, 0.1) is 20.8 Å². The smallest absolute Gasteiger partial charge is 0.252 e. The van der Waals surface area contributed by atoms with Crippen LogP contribution in [0.3, 0.4) is 0 Å². The van der Waals surface area contributed by atoms with E-state index in [2.05, 4.69) is 56.7 Å². The number of nitrogens with zero attached hydrogens (tertiary/aromatic N) is 2. The van der Waals surface area contributed by atoms with Gasteiger partial charge in [0.1, 0.15) is 0 Å².